The van der Waals surface area contributed by atoms with Gasteiger partial charge >= 0.3 is 0 Å². The highest BCUT2D eigenvalue weighted by Gasteiger charge is 2.39. The summed E-state index contributed by atoms with van der Waals surface area (Å²) in [4.78, 5) is 27.6. The summed E-state index contributed by atoms with van der Waals surface area (Å²) >= 11 is 5.90. The predicted molar refractivity (Wildman–Crippen MR) is 125 cm³/mol. The lowest BCUT2D eigenvalue weighted by Crippen LogP contribution is -2.45. The molecule has 2 unspecified atom stereocenters. The van der Waals surface area contributed by atoms with E-state index in [9.17, 15) is 14.7 Å². The molecule has 2 atom stereocenters. The van der Waals surface area contributed by atoms with Crippen LogP contribution >= 0.6 is 11.6 Å². The zero-order chi connectivity index (χ0) is 22.7. The molecule has 1 saturated heterocycles. The van der Waals surface area contributed by atoms with E-state index in [0.717, 1.165) is 16.7 Å². The van der Waals surface area contributed by atoms with E-state index in [0.29, 0.717) is 22.8 Å². The number of benzene rings is 3. The van der Waals surface area contributed by atoms with Crippen molar-refractivity contribution >= 4 is 29.1 Å². The van der Waals surface area contributed by atoms with Crippen molar-refractivity contribution in [2.75, 3.05) is 12.3 Å². The standard InChI is InChI=1S/C25H24ClN3O3/c26-20-9-7-16(8-10-20)14-28-24(31)23-13-22(30)15-29(23)25(32)19-5-1-3-17(11-19)18-4-2-6-21(27)12-18/h1-12,22-23,30H,13-15,27H2,(H,28,31). The summed E-state index contributed by atoms with van der Waals surface area (Å²) in [5, 5.41) is 13.7. The Morgan fingerprint density at radius 3 is 2.44 bits per heavy atom. The van der Waals surface area contributed by atoms with Crippen molar-refractivity contribution in [3.05, 3.63) is 88.9 Å². The number of aliphatic hydroxyl groups excluding tert-OH is 1. The smallest absolute Gasteiger partial charge is 0.254 e. The Balaban J connectivity index is 1.50. The van der Waals surface area contributed by atoms with Gasteiger partial charge in [0.1, 0.15) is 6.04 Å². The first-order chi connectivity index (χ1) is 15.4. The van der Waals surface area contributed by atoms with Crippen molar-refractivity contribution in [1.82, 2.24) is 10.2 Å². The summed E-state index contributed by atoms with van der Waals surface area (Å²) in [5.74, 6) is -0.587. The fraction of sp³-hybridized carbons (Fsp3) is 0.200. The highest BCUT2D eigenvalue weighted by atomic mass is 35.5. The van der Waals surface area contributed by atoms with Gasteiger partial charge in [-0.3, -0.25) is 9.59 Å². The molecule has 4 rings (SSSR count). The molecule has 7 heteroatoms. The van der Waals surface area contributed by atoms with Crippen LogP contribution in [0, 0.1) is 0 Å². The van der Waals surface area contributed by atoms with Crippen LogP contribution in [0.3, 0.4) is 0 Å². The minimum atomic E-state index is -0.748. The number of amides is 2. The highest BCUT2D eigenvalue weighted by molar-refractivity contribution is 6.30. The van der Waals surface area contributed by atoms with Crippen LogP contribution in [0.2, 0.25) is 5.02 Å². The first-order valence-electron chi connectivity index (χ1n) is 10.4. The van der Waals surface area contributed by atoms with E-state index in [2.05, 4.69) is 5.32 Å². The maximum Gasteiger partial charge on any atom is 0.254 e. The zero-order valence-corrected chi connectivity index (χ0v) is 18.1. The quantitative estimate of drug-likeness (QED) is 0.519. The van der Waals surface area contributed by atoms with Gasteiger partial charge in [0.2, 0.25) is 5.91 Å². The second kappa shape index (κ2) is 9.42. The fourth-order valence-corrected chi connectivity index (χ4v) is 4.04. The number of carbonyl (C=O) groups is 2. The monoisotopic (exact) mass is 449 g/mol. The molecule has 0 radical (unpaired) electrons. The lowest BCUT2D eigenvalue weighted by atomic mass is 10.0. The maximum absolute atomic E-state index is 13.3. The number of aliphatic hydroxyl groups is 1. The van der Waals surface area contributed by atoms with Crippen LogP contribution in [0.1, 0.15) is 22.3 Å². The average Bonchev–Trinajstić information content (AvgIpc) is 3.20. The van der Waals surface area contributed by atoms with Crippen LogP contribution in [-0.2, 0) is 11.3 Å². The zero-order valence-electron chi connectivity index (χ0n) is 17.4. The second-order valence-corrected chi connectivity index (χ2v) is 8.35. The number of nitrogen functional groups attached to an aromatic ring is 1. The van der Waals surface area contributed by atoms with Gasteiger partial charge in [-0.2, -0.15) is 0 Å². The average molecular weight is 450 g/mol. The molecule has 3 aromatic carbocycles. The SMILES string of the molecule is Nc1cccc(-c2cccc(C(=O)N3CC(O)CC3C(=O)NCc3ccc(Cl)cc3)c2)c1. The summed E-state index contributed by atoms with van der Waals surface area (Å²) in [6, 6.07) is 21.1. The number of hydrogen-bond acceptors (Lipinski definition) is 4. The molecule has 1 fully saturated rings. The summed E-state index contributed by atoms with van der Waals surface area (Å²) in [6.45, 7) is 0.427. The van der Waals surface area contributed by atoms with Gasteiger partial charge < -0.3 is 21.1 Å². The molecule has 32 heavy (non-hydrogen) atoms. The molecule has 1 heterocycles. The summed E-state index contributed by atoms with van der Waals surface area (Å²) in [5.41, 5.74) is 9.63. The summed E-state index contributed by atoms with van der Waals surface area (Å²) < 4.78 is 0. The fourth-order valence-electron chi connectivity index (χ4n) is 3.91. The van der Waals surface area contributed by atoms with Gasteiger partial charge in [0.25, 0.3) is 5.91 Å². The van der Waals surface area contributed by atoms with Crippen LogP contribution in [0.15, 0.2) is 72.8 Å². The number of nitrogens with zero attached hydrogens (tertiary/aromatic N) is 1. The Hall–Kier alpha value is -3.35. The summed E-state index contributed by atoms with van der Waals surface area (Å²) in [7, 11) is 0. The molecular weight excluding hydrogens is 426 g/mol. The molecule has 0 aliphatic carbocycles. The first kappa shape index (κ1) is 21.9. The van der Waals surface area contributed by atoms with Crippen molar-refractivity contribution in [3.63, 3.8) is 0 Å². The molecule has 2 amide bonds. The highest BCUT2D eigenvalue weighted by Crippen LogP contribution is 2.25. The molecule has 6 nitrogen and oxygen atoms in total. The van der Waals surface area contributed by atoms with Crippen LogP contribution in [0.25, 0.3) is 11.1 Å². The number of β-amino-alcohol motifs (C(OH)–C–C–N with tert-alkyl or cyclic N) is 1. The van der Waals surface area contributed by atoms with E-state index in [1.807, 2.05) is 36.4 Å². The lowest BCUT2D eigenvalue weighted by molar-refractivity contribution is -0.125. The number of likely N-dealkylation sites (tertiary alicyclic amines) is 1. The van der Waals surface area contributed by atoms with Gasteiger partial charge in [-0.1, -0.05) is 48.0 Å². The van der Waals surface area contributed by atoms with E-state index in [1.54, 1.807) is 36.4 Å². The number of hydrogen-bond donors (Lipinski definition) is 3. The van der Waals surface area contributed by atoms with E-state index < -0.39 is 12.1 Å². The summed E-state index contributed by atoms with van der Waals surface area (Å²) in [6.07, 6.45) is -0.546. The first-order valence-corrected chi connectivity index (χ1v) is 10.8. The van der Waals surface area contributed by atoms with E-state index >= 15 is 0 Å². The number of carbonyl (C=O) groups excluding carboxylic acids is 2. The van der Waals surface area contributed by atoms with Gasteiger partial charge in [0, 0.05) is 35.8 Å². The third kappa shape index (κ3) is 4.93. The van der Waals surface area contributed by atoms with Gasteiger partial charge in [-0.25, -0.2) is 0 Å². The van der Waals surface area contributed by atoms with Crippen molar-refractivity contribution in [2.24, 2.45) is 0 Å². The number of nitrogens with two attached hydrogens (primary N) is 1. The van der Waals surface area contributed by atoms with Gasteiger partial charge in [-0.15, -0.1) is 0 Å². The normalized spacial score (nSPS) is 17.9. The molecule has 4 N–H and O–H groups in total. The molecule has 0 spiro atoms. The largest absolute Gasteiger partial charge is 0.399 e. The van der Waals surface area contributed by atoms with Crippen molar-refractivity contribution in [1.29, 1.82) is 0 Å². The number of halogens is 1. The molecule has 1 aliphatic rings. The third-order valence-electron chi connectivity index (χ3n) is 5.55. The minimum Gasteiger partial charge on any atom is -0.399 e. The topological polar surface area (TPSA) is 95.7 Å². The van der Waals surface area contributed by atoms with Crippen molar-refractivity contribution in [3.8, 4) is 11.1 Å². The van der Waals surface area contributed by atoms with Gasteiger partial charge in [-0.05, 0) is 53.1 Å². The predicted octanol–water partition coefficient (Wildman–Crippen LogP) is 3.48. The second-order valence-electron chi connectivity index (χ2n) is 7.91. The molecule has 164 valence electrons. The third-order valence-corrected chi connectivity index (χ3v) is 5.80. The maximum atomic E-state index is 13.3. The Kier molecular flexibility index (Phi) is 6.44. The Labute approximate surface area is 191 Å². The van der Waals surface area contributed by atoms with Crippen LogP contribution in [0.5, 0.6) is 0 Å². The lowest BCUT2D eigenvalue weighted by Gasteiger charge is -2.24. The minimum absolute atomic E-state index is 0.111. The Morgan fingerprint density at radius 2 is 1.72 bits per heavy atom. The molecule has 3 aromatic rings. The number of anilines is 1. The van der Waals surface area contributed by atoms with Crippen molar-refractivity contribution in [2.45, 2.75) is 25.1 Å². The molecular formula is C25H24ClN3O3. The van der Waals surface area contributed by atoms with Crippen molar-refractivity contribution < 1.29 is 14.7 Å². The van der Waals surface area contributed by atoms with E-state index in [1.165, 1.54) is 4.90 Å². The van der Waals surface area contributed by atoms with Crippen LogP contribution in [-0.4, -0.2) is 40.5 Å². The Morgan fingerprint density at radius 1 is 1.03 bits per heavy atom. The molecule has 0 bridgehead atoms. The Bertz CT molecular complexity index is 1130. The van der Waals surface area contributed by atoms with Crippen LogP contribution < -0.4 is 11.1 Å². The van der Waals surface area contributed by atoms with Gasteiger partial charge in [0.05, 0.1) is 6.10 Å². The van der Waals surface area contributed by atoms with E-state index in [4.69, 9.17) is 17.3 Å². The molecule has 0 saturated carbocycles. The molecule has 1 aliphatic heterocycles. The number of nitrogens with one attached hydrogen (secondary N) is 1. The van der Waals surface area contributed by atoms with Gasteiger partial charge in [0.15, 0.2) is 0 Å². The van der Waals surface area contributed by atoms with E-state index in [-0.39, 0.29) is 24.8 Å². The molecule has 0 aromatic heterocycles. The number of rotatable bonds is 5. The van der Waals surface area contributed by atoms with Crippen LogP contribution in [0.4, 0.5) is 5.69 Å².